The normalized spacial score (nSPS) is 14.5. The van der Waals surface area contributed by atoms with Gasteiger partial charge in [-0.1, -0.05) is 278 Å². The van der Waals surface area contributed by atoms with Gasteiger partial charge in [0.15, 0.2) is 12.2 Å². The summed E-state index contributed by atoms with van der Waals surface area (Å²) in [5, 5.41) is 10.6. The summed E-state index contributed by atoms with van der Waals surface area (Å²) in [4.78, 5) is 73.1. The number of phosphoric acid groups is 2. The van der Waals surface area contributed by atoms with Crippen LogP contribution in [0.1, 0.15) is 336 Å². The second kappa shape index (κ2) is 76.6. The number of rotatable bonds is 76. The molecule has 0 rings (SSSR count). The third-order valence-electron chi connectivity index (χ3n) is 16.9. The van der Waals surface area contributed by atoms with E-state index in [1.165, 1.54) is 51.4 Å². The van der Waals surface area contributed by atoms with Crippen LogP contribution in [0.4, 0.5) is 0 Å². The molecule has 104 heavy (non-hydrogen) atoms. The Kier molecular flexibility index (Phi) is 73.3. The summed E-state index contributed by atoms with van der Waals surface area (Å²) in [7, 11) is -9.97. The van der Waals surface area contributed by atoms with E-state index in [2.05, 4.69) is 149 Å². The van der Waals surface area contributed by atoms with Crippen LogP contribution in [-0.2, 0) is 65.4 Å². The SMILES string of the molecule is CC/C=C\C/C=C\C/C=C\C/C=C\CCCCCCCCC(=O)OCC(COP(=O)(O)OCC(O)COP(=O)(O)OCC(COC(=O)CCCCCCC/C=C\CCCCCC)OC(=O)CCCCCCC/C=C\CCCCCC)OC(=O)CCCCCCCC/C=C\C/C=C\C/C=C\C/C=C\CC. The Balaban J connectivity index is 5.38. The van der Waals surface area contributed by atoms with Crippen LogP contribution in [0.3, 0.4) is 0 Å². The van der Waals surface area contributed by atoms with Crippen LogP contribution in [-0.4, -0.2) is 96.7 Å². The predicted molar refractivity (Wildman–Crippen MR) is 427 cm³/mol. The van der Waals surface area contributed by atoms with E-state index >= 15 is 0 Å². The molecule has 5 atom stereocenters. The number of aliphatic hydroxyl groups is 1. The number of carbonyl (C=O) groups excluding carboxylic acids is 4. The van der Waals surface area contributed by atoms with Crippen molar-refractivity contribution in [2.24, 2.45) is 0 Å². The van der Waals surface area contributed by atoms with Gasteiger partial charge in [0, 0.05) is 25.7 Å². The molecule has 5 unspecified atom stereocenters. The second-order valence-corrected chi connectivity index (χ2v) is 29.8. The van der Waals surface area contributed by atoms with E-state index < -0.39 is 97.5 Å². The molecule has 0 radical (unpaired) electrons. The van der Waals surface area contributed by atoms with Crippen LogP contribution in [0.15, 0.2) is 122 Å². The van der Waals surface area contributed by atoms with Gasteiger partial charge < -0.3 is 33.8 Å². The molecule has 0 heterocycles. The lowest BCUT2D eigenvalue weighted by Crippen LogP contribution is -2.30. The number of esters is 4. The molecule has 0 saturated carbocycles. The Morgan fingerprint density at radius 1 is 0.279 bits per heavy atom. The van der Waals surface area contributed by atoms with Crippen LogP contribution in [0, 0.1) is 0 Å². The summed E-state index contributed by atoms with van der Waals surface area (Å²) in [6.45, 7) is 4.60. The van der Waals surface area contributed by atoms with Crippen molar-refractivity contribution in [3.63, 3.8) is 0 Å². The lowest BCUT2D eigenvalue weighted by molar-refractivity contribution is -0.161. The van der Waals surface area contributed by atoms with Gasteiger partial charge >= 0.3 is 39.5 Å². The van der Waals surface area contributed by atoms with Gasteiger partial charge in [0.05, 0.1) is 26.4 Å². The highest BCUT2D eigenvalue weighted by atomic mass is 31.2. The first kappa shape index (κ1) is 99.5. The Bertz CT molecular complexity index is 2440. The minimum atomic E-state index is -4.99. The van der Waals surface area contributed by atoms with Crippen molar-refractivity contribution in [1.29, 1.82) is 0 Å². The van der Waals surface area contributed by atoms with E-state index in [0.29, 0.717) is 25.7 Å². The summed E-state index contributed by atoms with van der Waals surface area (Å²) in [5.74, 6) is -2.21. The Morgan fingerprint density at radius 3 is 0.779 bits per heavy atom. The van der Waals surface area contributed by atoms with E-state index in [1.807, 2.05) is 0 Å². The van der Waals surface area contributed by atoms with Crippen molar-refractivity contribution >= 4 is 39.5 Å². The topological polar surface area (TPSA) is 237 Å². The summed E-state index contributed by atoms with van der Waals surface area (Å²) >= 11 is 0. The molecule has 598 valence electrons. The van der Waals surface area contributed by atoms with Gasteiger partial charge in [0.2, 0.25) is 0 Å². The van der Waals surface area contributed by atoms with Gasteiger partial charge in [-0.05, 0) is 154 Å². The van der Waals surface area contributed by atoms with Crippen LogP contribution < -0.4 is 0 Å². The van der Waals surface area contributed by atoms with Crippen molar-refractivity contribution in [3.8, 4) is 0 Å². The fourth-order valence-corrected chi connectivity index (χ4v) is 12.3. The maximum absolute atomic E-state index is 13.1. The maximum atomic E-state index is 13.1. The third-order valence-corrected chi connectivity index (χ3v) is 18.8. The monoisotopic (exact) mass is 1500 g/mol. The molecule has 0 fully saturated rings. The van der Waals surface area contributed by atoms with Crippen molar-refractivity contribution in [2.45, 2.75) is 354 Å². The first-order chi connectivity index (χ1) is 50.7. The molecule has 0 bridgehead atoms. The number of hydrogen-bond acceptors (Lipinski definition) is 15. The van der Waals surface area contributed by atoms with Crippen LogP contribution >= 0.6 is 15.6 Å². The smallest absolute Gasteiger partial charge is 0.462 e. The highest BCUT2D eigenvalue weighted by Gasteiger charge is 2.30. The van der Waals surface area contributed by atoms with Crippen molar-refractivity contribution in [3.05, 3.63) is 122 Å². The quantitative estimate of drug-likeness (QED) is 0.0169. The summed E-state index contributed by atoms with van der Waals surface area (Å²) in [5.41, 5.74) is 0. The van der Waals surface area contributed by atoms with Gasteiger partial charge in [-0.15, -0.1) is 0 Å². The molecule has 0 saturated heterocycles. The highest BCUT2D eigenvalue weighted by Crippen LogP contribution is 2.45. The fraction of sp³-hybridized carbons (Fsp3) is 0.718. The van der Waals surface area contributed by atoms with Gasteiger partial charge in [0.1, 0.15) is 19.3 Å². The van der Waals surface area contributed by atoms with E-state index in [9.17, 15) is 43.2 Å². The molecule has 0 amide bonds. The van der Waals surface area contributed by atoms with Crippen LogP contribution in [0.5, 0.6) is 0 Å². The third kappa shape index (κ3) is 75.7. The first-order valence-corrected chi connectivity index (χ1v) is 43.8. The van der Waals surface area contributed by atoms with Gasteiger partial charge in [-0.25, -0.2) is 9.13 Å². The second-order valence-electron chi connectivity index (χ2n) is 26.9. The molecule has 0 aliphatic carbocycles. The summed E-state index contributed by atoms with van der Waals surface area (Å²) < 4.78 is 68.6. The molecule has 3 N–H and O–H groups in total. The largest absolute Gasteiger partial charge is 0.472 e. The Hall–Kier alpha value is -4.54. The van der Waals surface area contributed by atoms with Gasteiger partial charge in [-0.3, -0.25) is 37.3 Å². The number of hydrogen-bond donors (Lipinski definition) is 3. The minimum Gasteiger partial charge on any atom is -0.462 e. The standard InChI is InChI=1S/C85H146O17P2/c1-5-9-13-17-21-25-29-33-35-37-39-41-43-47-50-54-58-62-66-70-83(88)96-76-81(102-85(90)72-68-64-60-56-52-48-44-42-40-38-36-34-30-26-22-18-14-10-6-2)78-100-104(93,94)98-74-79(86)73-97-103(91,92)99-77-80(101-84(89)71-67-63-59-55-51-46-32-28-24-20-16-12-8-4)75-95-82(87)69-65-61-57-53-49-45-31-27-23-19-15-11-7-3/h9-10,13-14,21-22,25-28,31-36,39-42,79-81,86H,5-8,11-12,15-20,23-24,29-30,37-38,43-78H2,1-4H3,(H,91,92)(H,93,94)/b13-9-,14-10-,25-21-,26-22-,31-27-,32-28-,35-33-,36-34-,41-39-,42-40-. The zero-order chi connectivity index (χ0) is 76.0. The van der Waals surface area contributed by atoms with Crippen molar-refractivity contribution in [1.82, 2.24) is 0 Å². The van der Waals surface area contributed by atoms with E-state index in [0.717, 1.165) is 205 Å². The molecular formula is C85H146O17P2. The summed E-state index contributed by atoms with van der Waals surface area (Å²) in [6.07, 6.45) is 84.5. The molecule has 0 spiro atoms. The van der Waals surface area contributed by atoms with Crippen molar-refractivity contribution in [2.75, 3.05) is 39.6 Å². The minimum absolute atomic E-state index is 0.0728. The van der Waals surface area contributed by atoms with Gasteiger partial charge in [0.25, 0.3) is 0 Å². The number of allylic oxidation sites excluding steroid dienone is 20. The predicted octanol–water partition coefficient (Wildman–Crippen LogP) is 23.9. The molecule has 17 nitrogen and oxygen atoms in total. The zero-order valence-electron chi connectivity index (χ0n) is 65.4. The van der Waals surface area contributed by atoms with E-state index in [-0.39, 0.29) is 25.7 Å². The van der Waals surface area contributed by atoms with Crippen molar-refractivity contribution < 1.29 is 80.2 Å². The molecule has 0 aliphatic heterocycles. The van der Waals surface area contributed by atoms with Gasteiger partial charge in [-0.2, -0.15) is 0 Å². The molecular weight excluding hydrogens is 1350 g/mol. The molecule has 19 heteroatoms. The maximum Gasteiger partial charge on any atom is 0.472 e. The number of ether oxygens (including phenoxy) is 4. The van der Waals surface area contributed by atoms with Crippen LogP contribution in [0.25, 0.3) is 0 Å². The lowest BCUT2D eigenvalue weighted by Gasteiger charge is -2.21. The van der Waals surface area contributed by atoms with E-state index in [1.54, 1.807) is 0 Å². The molecule has 0 aromatic heterocycles. The average molecular weight is 1500 g/mol. The zero-order valence-corrected chi connectivity index (χ0v) is 67.2. The number of unbranched alkanes of at least 4 members (excludes halogenated alkanes) is 30. The highest BCUT2D eigenvalue weighted by molar-refractivity contribution is 7.47. The molecule has 0 aromatic carbocycles. The average Bonchev–Trinajstić information content (AvgIpc) is 0.906. The number of carbonyl (C=O) groups is 4. The number of aliphatic hydroxyl groups excluding tert-OH is 1. The fourth-order valence-electron chi connectivity index (χ4n) is 10.7. The first-order valence-electron chi connectivity index (χ1n) is 40.8. The summed E-state index contributed by atoms with van der Waals surface area (Å²) in [6, 6.07) is 0. The van der Waals surface area contributed by atoms with E-state index in [4.69, 9.17) is 37.0 Å². The Labute approximate surface area is 632 Å². The van der Waals surface area contributed by atoms with Crippen LogP contribution in [0.2, 0.25) is 0 Å². The number of phosphoric ester groups is 2. The molecule has 0 aromatic rings. The Morgan fingerprint density at radius 2 is 0.500 bits per heavy atom. The molecule has 0 aliphatic rings. The lowest BCUT2D eigenvalue weighted by atomic mass is 10.1.